The maximum atomic E-state index is 13.8. The number of benzene rings is 1. The molecule has 1 heterocycles. The fourth-order valence-corrected chi connectivity index (χ4v) is 2.40. The van der Waals surface area contributed by atoms with Crippen molar-refractivity contribution in [1.29, 1.82) is 0 Å². The molecule has 0 fully saturated rings. The number of phenols is 1. The van der Waals surface area contributed by atoms with Crippen LogP contribution in [0.1, 0.15) is 44.6 Å². The molecule has 0 spiro atoms. The fourth-order valence-electron chi connectivity index (χ4n) is 2.40. The van der Waals surface area contributed by atoms with Crippen molar-refractivity contribution < 1.29 is 23.9 Å². The third-order valence-corrected chi connectivity index (χ3v) is 3.76. The van der Waals surface area contributed by atoms with Crippen LogP contribution < -0.4 is 5.32 Å². The summed E-state index contributed by atoms with van der Waals surface area (Å²) in [6.07, 6.45) is 1.59. The number of halogens is 1. The van der Waals surface area contributed by atoms with Gasteiger partial charge in [0.05, 0.1) is 12.1 Å². The van der Waals surface area contributed by atoms with E-state index in [0.29, 0.717) is 37.9 Å². The van der Waals surface area contributed by atoms with Gasteiger partial charge in [0.2, 0.25) is 5.91 Å². The number of phenolic OH excluding ortho intramolecular Hbond substituents is 1. The number of aromatic hydroxyl groups is 1. The molecular formula is C17H21FN2O4. The second-order valence-electron chi connectivity index (χ2n) is 5.68. The molecule has 1 aliphatic rings. The zero-order chi connectivity index (χ0) is 17.5. The minimum atomic E-state index is -0.581. The van der Waals surface area contributed by atoms with Crippen LogP contribution in [-0.4, -0.2) is 35.2 Å². The zero-order valence-corrected chi connectivity index (χ0v) is 13.5. The third-order valence-electron chi connectivity index (χ3n) is 3.76. The van der Waals surface area contributed by atoms with Crippen molar-refractivity contribution in [2.24, 2.45) is 5.16 Å². The van der Waals surface area contributed by atoms with E-state index < -0.39 is 11.9 Å². The summed E-state index contributed by atoms with van der Waals surface area (Å²) >= 11 is 0. The molecule has 0 radical (unpaired) electrons. The fraction of sp³-hybridized carbons (Fsp3) is 0.471. The Morgan fingerprint density at radius 3 is 2.96 bits per heavy atom. The predicted molar refractivity (Wildman–Crippen MR) is 86.3 cm³/mol. The number of oxime groups is 1. The molecule has 0 saturated heterocycles. The van der Waals surface area contributed by atoms with Gasteiger partial charge in [0.25, 0.3) is 0 Å². The number of nitrogens with zero attached hydrogens (tertiary/aromatic N) is 1. The quantitative estimate of drug-likeness (QED) is 0.713. The van der Waals surface area contributed by atoms with Crippen LogP contribution in [0.4, 0.5) is 4.39 Å². The second-order valence-corrected chi connectivity index (χ2v) is 5.68. The van der Waals surface area contributed by atoms with Crippen LogP contribution in [0, 0.1) is 5.82 Å². The molecule has 0 aromatic heterocycles. The van der Waals surface area contributed by atoms with Gasteiger partial charge in [-0.1, -0.05) is 12.1 Å². The molecule has 1 aromatic carbocycles. The Bertz CT molecular complexity index is 645. The summed E-state index contributed by atoms with van der Waals surface area (Å²) in [7, 11) is 0. The van der Waals surface area contributed by atoms with Crippen molar-refractivity contribution in [2.45, 2.75) is 45.1 Å². The molecular weight excluding hydrogens is 315 g/mol. The highest BCUT2D eigenvalue weighted by molar-refractivity contribution is 6.01. The largest absolute Gasteiger partial charge is 0.508 e. The van der Waals surface area contributed by atoms with Crippen molar-refractivity contribution in [3.8, 4) is 5.75 Å². The van der Waals surface area contributed by atoms with E-state index in [0.717, 1.165) is 6.07 Å². The van der Waals surface area contributed by atoms with Gasteiger partial charge in [-0.25, -0.2) is 4.39 Å². The molecule has 0 saturated carbocycles. The van der Waals surface area contributed by atoms with E-state index in [1.165, 1.54) is 12.1 Å². The van der Waals surface area contributed by atoms with Gasteiger partial charge >= 0.3 is 0 Å². The van der Waals surface area contributed by atoms with Gasteiger partial charge in [0.1, 0.15) is 23.5 Å². The first-order valence-corrected chi connectivity index (χ1v) is 7.99. The number of hydrogen-bond donors (Lipinski definition) is 2. The molecule has 0 bridgehead atoms. The summed E-state index contributed by atoms with van der Waals surface area (Å²) in [5.41, 5.74) is 0.674. The van der Waals surface area contributed by atoms with Crippen molar-refractivity contribution in [3.63, 3.8) is 0 Å². The lowest BCUT2D eigenvalue weighted by Gasteiger charge is -2.09. The Hall–Kier alpha value is -2.44. The van der Waals surface area contributed by atoms with E-state index in [2.05, 4.69) is 10.5 Å². The maximum absolute atomic E-state index is 13.8. The first-order valence-electron chi connectivity index (χ1n) is 7.99. The minimum absolute atomic E-state index is 0.119. The molecule has 1 amide bonds. The lowest BCUT2D eigenvalue weighted by atomic mass is 10.0. The topological polar surface area (TPSA) is 88.0 Å². The highest BCUT2D eigenvalue weighted by atomic mass is 19.1. The van der Waals surface area contributed by atoms with Crippen LogP contribution in [0.3, 0.4) is 0 Å². The summed E-state index contributed by atoms with van der Waals surface area (Å²) in [6, 6.07) is 3.81. The number of carbonyl (C=O) groups excluding carboxylic acids is 2. The first-order chi connectivity index (χ1) is 11.5. The summed E-state index contributed by atoms with van der Waals surface area (Å²) in [5, 5.41) is 15.8. The average molecular weight is 336 g/mol. The number of hydrogen-bond acceptors (Lipinski definition) is 5. The molecule has 6 nitrogen and oxygen atoms in total. The molecule has 1 aliphatic heterocycles. The summed E-state index contributed by atoms with van der Waals surface area (Å²) in [6.45, 7) is 2.25. The Balaban J connectivity index is 1.74. The Morgan fingerprint density at radius 2 is 2.25 bits per heavy atom. The second kappa shape index (κ2) is 8.42. The van der Waals surface area contributed by atoms with E-state index >= 15 is 0 Å². The first kappa shape index (κ1) is 17.9. The van der Waals surface area contributed by atoms with Gasteiger partial charge < -0.3 is 15.3 Å². The van der Waals surface area contributed by atoms with Crippen molar-refractivity contribution in [1.82, 2.24) is 5.32 Å². The lowest BCUT2D eigenvalue weighted by Crippen LogP contribution is -2.28. The molecule has 130 valence electrons. The Labute approximate surface area is 139 Å². The number of Topliss-reactive ketones (excluding diaryl/α,β-unsaturated/α-hetero) is 1. The SMILES string of the molecule is CCC(=O)CCCNC(=O)CC1CC(c2ccc(O)cc2F)=NO1. The lowest BCUT2D eigenvalue weighted by molar-refractivity contribution is -0.124. The van der Waals surface area contributed by atoms with Crippen LogP contribution in [0.15, 0.2) is 23.4 Å². The number of ketones is 1. The number of nitrogens with one attached hydrogen (secondary N) is 1. The molecule has 2 rings (SSSR count). The smallest absolute Gasteiger partial charge is 0.223 e. The van der Waals surface area contributed by atoms with E-state index in [9.17, 15) is 19.1 Å². The summed E-state index contributed by atoms with van der Waals surface area (Å²) in [5.74, 6) is -0.750. The molecule has 2 N–H and O–H groups in total. The Kier molecular flexibility index (Phi) is 6.28. The molecule has 1 unspecified atom stereocenters. The van der Waals surface area contributed by atoms with E-state index in [1.54, 1.807) is 0 Å². The number of rotatable bonds is 8. The van der Waals surface area contributed by atoms with Gasteiger partial charge in [-0.05, 0) is 18.6 Å². The highest BCUT2D eigenvalue weighted by Crippen LogP contribution is 2.23. The summed E-state index contributed by atoms with van der Waals surface area (Å²) < 4.78 is 13.8. The van der Waals surface area contributed by atoms with Crippen LogP contribution >= 0.6 is 0 Å². The monoisotopic (exact) mass is 336 g/mol. The molecule has 1 aromatic rings. The van der Waals surface area contributed by atoms with Gasteiger partial charge in [-0.15, -0.1) is 0 Å². The highest BCUT2D eigenvalue weighted by Gasteiger charge is 2.26. The zero-order valence-electron chi connectivity index (χ0n) is 13.5. The predicted octanol–water partition coefficient (Wildman–Crippen LogP) is 2.29. The number of carbonyl (C=O) groups is 2. The van der Waals surface area contributed by atoms with Crippen molar-refractivity contribution >= 4 is 17.4 Å². The van der Waals surface area contributed by atoms with Crippen LogP contribution in [0.25, 0.3) is 0 Å². The van der Waals surface area contributed by atoms with Gasteiger partial charge in [0, 0.05) is 37.4 Å². The van der Waals surface area contributed by atoms with Gasteiger partial charge in [-0.3, -0.25) is 9.59 Å². The maximum Gasteiger partial charge on any atom is 0.223 e. The minimum Gasteiger partial charge on any atom is -0.508 e. The Morgan fingerprint density at radius 1 is 1.46 bits per heavy atom. The van der Waals surface area contributed by atoms with Crippen molar-refractivity contribution in [2.75, 3.05) is 6.54 Å². The average Bonchev–Trinajstić information content (AvgIpc) is 2.99. The molecule has 7 heteroatoms. The summed E-state index contributed by atoms with van der Waals surface area (Å²) in [4.78, 5) is 28.2. The van der Waals surface area contributed by atoms with Crippen LogP contribution in [0.2, 0.25) is 0 Å². The third kappa shape index (κ3) is 5.04. The molecule has 0 aliphatic carbocycles. The number of amides is 1. The van der Waals surface area contributed by atoms with Crippen LogP contribution in [-0.2, 0) is 14.4 Å². The normalized spacial score (nSPS) is 16.4. The van der Waals surface area contributed by atoms with E-state index in [-0.39, 0.29) is 29.4 Å². The van der Waals surface area contributed by atoms with Gasteiger partial charge in [0.15, 0.2) is 0 Å². The standard InChI is InChI=1S/C17H21FN2O4/c1-2-11(21)4-3-7-19-17(23)10-13-9-16(20-24-13)14-6-5-12(22)8-15(14)18/h5-6,8,13,22H,2-4,7,9-10H2,1H3,(H,19,23). The molecule has 24 heavy (non-hydrogen) atoms. The van der Waals surface area contributed by atoms with E-state index in [1.807, 2.05) is 6.92 Å². The van der Waals surface area contributed by atoms with Gasteiger partial charge in [-0.2, -0.15) is 0 Å². The van der Waals surface area contributed by atoms with Crippen molar-refractivity contribution in [3.05, 3.63) is 29.6 Å². The van der Waals surface area contributed by atoms with E-state index in [4.69, 9.17) is 4.84 Å². The van der Waals surface area contributed by atoms with Crippen LogP contribution in [0.5, 0.6) is 5.75 Å². The molecule has 1 atom stereocenters.